The molecule has 0 atom stereocenters. The predicted molar refractivity (Wildman–Crippen MR) is 85.6 cm³/mol. The van der Waals surface area contributed by atoms with Gasteiger partial charge in [-0.2, -0.15) is 0 Å². The average molecular weight is 309 g/mol. The summed E-state index contributed by atoms with van der Waals surface area (Å²) in [5.74, 6) is -0.708. The molecule has 4 nitrogen and oxygen atoms in total. The lowest BCUT2D eigenvalue weighted by molar-refractivity contribution is -0.139. The molecule has 0 aliphatic carbocycles. The van der Waals surface area contributed by atoms with Crippen LogP contribution in [-0.4, -0.2) is 28.3 Å². The topological polar surface area (TPSA) is 66.4 Å². The minimum absolute atomic E-state index is 0.0407. The van der Waals surface area contributed by atoms with Gasteiger partial charge in [0, 0.05) is 10.4 Å². The summed E-state index contributed by atoms with van der Waals surface area (Å²) in [6, 6.07) is 7.98. The largest absolute Gasteiger partial charge is 0.481 e. The van der Waals surface area contributed by atoms with Gasteiger partial charge in [-0.3, -0.25) is 9.59 Å². The average Bonchev–Trinajstić information content (AvgIpc) is 2.45. The maximum Gasteiger partial charge on any atom is 0.305 e. The number of benzene rings is 1. The van der Waals surface area contributed by atoms with Gasteiger partial charge in [0.2, 0.25) is 5.91 Å². The van der Waals surface area contributed by atoms with Crippen molar-refractivity contribution in [1.29, 1.82) is 0 Å². The molecule has 0 aromatic heterocycles. The summed E-state index contributed by atoms with van der Waals surface area (Å²) in [6.45, 7) is 5.82. The fraction of sp³-hybridized carbons (Fsp3) is 0.500. The lowest BCUT2D eigenvalue weighted by Gasteiger charge is -2.31. The van der Waals surface area contributed by atoms with E-state index in [9.17, 15) is 9.59 Å². The molecule has 1 rings (SSSR count). The summed E-state index contributed by atoms with van der Waals surface area (Å²) < 4.78 is 0. The highest BCUT2D eigenvalue weighted by molar-refractivity contribution is 8.00. The summed E-state index contributed by atoms with van der Waals surface area (Å²) >= 11 is 1.46. The Labute approximate surface area is 130 Å². The number of carbonyl (C=O) groups is 2. The van der Waals surface area contributed by atoms with Gasteiger partial charge in [-0.25, -0.2) is 0 Å². The van der Waals surface area contributed by atoms with E-state index >= 15 is 0 Å². The van der Waals surface area contributed by atoms with Gasteiger partial charge in [0.1, 0.15) is 0 Å². The molecule has 0 unspecified atom stereocenters. The lowest BCUT2D eigenvalue weighted by atomic mass is 9.89. The van der Waals surface area contributed by atoms with Crippen LogP contribution >= 0.6 is 11.8 Å². The van der Waals surface area contributed by atoms with Gasteiger partial charge in [-0.15, -0.1) is 11.8 Å². The van der Waals surface area contributed by atoms with Crippen molar-refractivity contribution in [1.82, 2.24) is 5.32 Å². The number of aryl methyl sites for hydroxylation is 1. The van der Waals surface area contributed by atoms with Gasteiger partial charge in [0.05, 0.1) is 12.2 Å². The first kappa shape index (κ1) is 17.6. The Morgan fingerprint density at radius 1 is 1.19 bits per heavy atom. The monoisotopic (exact) mass is 309 g/mol. The van der Waals surface area contributed by atoms with Crippen molar-refractivity contribution in [3.63, 3.8) is 0 Å². The minimum Gasteiger partial charge on any atom is -0.481 e. The van der Waals surface area contributed by atoms with Crippen molar-refractivity contribution < 1.29 is 14.7 Å². The van der Waals surface area contributed by atoms with Crippen LogP contribution in [0.4, 0.5) is 0 Å². The molecule has 1 aromatic carbocycles. The predicted octanol–water partition coefficient (Wildman–Crippen LogP) is 3.24. The molecule has 2 N–H and O–H groups in total. The van der Waals surface area contributed by atoms with Crippen molar-refractivity contribution in [2.45, 2.75) is 50.5 Å². The van der Waals surface area contributed by atoms with E-state index in [1.54, 1.807) is 0 Å². The summed E-state index contributed by atoms with van der Waals surface area (Å²) in [6.07, 6.45) is 1.18. The maximum absolute atomic E-state index is 12.1. The molecule has 1 amide bonds. The molecule has 1 aromatic rings. The number of carboxylic acid groups (broad SMARTS) is 1. The Kier molecular flexibility index (Phi) is 6.75. The van der Waals surface area contributed by atoms with Crippen LogP contribution in [0.15, 0.2) is 29.2 Å². The van der Waals surface area contributed by atoms with E-state index in [-0.39, 0.29) is 12.3 Å². The zero-order valence-corrected chi connectivity index (χ0v) is 13.6. The number of thioether (sulfide) groups is 1. The standard InChI is InChI=1S/C16H23NO3S/c1-4-16(5-2,10-15(19)20)17-14(18)11-21-13-8-6-12(3)7-9-13/h6-9H,4-5,10-11H2,1-3H3,(H,17,18)(H,19,20). The van der Waals surface area contributed by atoms with Gasteiger partial charge in [0.25, 0.3) is 0 Å². The second-order valence-corrected chi connectivity index (χ2v) is 6.26. The third kappa shape index (κ3) is 5.79. The molecule has 0 saturated heterocycles. The van der Waals surface area contributed by atoms with Gasteiger partial charge in [-0.05, 0) is 31.9 Å². The lowest BCUT2D eigenvalue weighted by Crippen LogP contribution is -2.49. The zero-order valence-electron chi connectivity index (χ0n) is 12.8. The van der Waals surface area contributed by atoms with Crippen LogP contribution in [0.3, 0.4) is 0 Å². The number of rotatable bonds is 8. The number of hydrogen-bond donors (Lipinski definition) is 2. The highest BCUT2D eigenvalue weighted by atomic mass is 32.2. The third-order valence-corrected chi connectivity index (χ3v) is 4.65. The second-order valence-electron chi connectivity index (χ2n) is 5.21. The molecule has 0 radical (unpaired) electrons. The van der Waals surface area contributed by atoms with E-state index in [4.69, 9.17) is 5.11 Å². The van der Waals surface area contributed by atoms with Gasteiger partial charge < -0.3 is 10.4 Å². The number of carboxylic acids is 1. The van der Waals surface area contributed by atoms with Crippen molar-refractivity contribution in [3.05, 3.63) is 29.8 Å². The van der Waals surface area contributed by atoms with Crippen molar-refractivity contribution in [2.24, 2.45) is 0 Å². The number of amides is 1. The van der Waals surface area contributed by atoms with Crippen LogP contribution in [0, 0.1) is 6.92 Å². The molecule has 0 heterocycles. The molecule has 21 heavy (non-hydrogen) atoms. The molecule has 0 saturated carbocycles. The smallest absolute Gasteiger partial charge is 0.305 e. The molecule has 5 heteroatoms. The fourth-order valence-electron chi connectivity index (χ4n) is 2.13. The Morgan fingerprint density at radius 3 is 2.24 bits per heavy atom. The highest BCUT2D eigenvalue weighted by Crippen LogP contribution is 2.22. The molecule has 0 aliphatic rings. The highest BCUT2D eigenvalue weighted by Gasteiger charge is 2.30. The van der Waals surface area contributed by atoms with E-state index in [0.29, 0.717) is 18.6 Å². The Bertz CT molecular complexity index is 481. The van der Waals surface area contributed by atoms with Crippen LogP contribution in [-0.2, 0) is 9.59 Å². The summed E-state index contributed by atoms with van der Waals surface area (Å²) in [5.41, 5.74) is 0.540. The second kappa shape index (κ2) is 8.08. The van der Waals surface area contributed by atoms with E-state index in [1.165, 1.54) is 17.3 Å². The first-order valence-corrected chi connectivity index (χ1v) is 8.11. The van der Waals surface area contributed by atoms with Gasteiger partial charge in [-0.1, -0.05) is 31.5 Å². The normalized spacial score (nSPS) is 11.2. The van der Waals surface area contributed by atoms with Crippen LogP contribution in [0.25, 0.3) is 0 Å². The number of nitrogens with one attached hydrogen (secondary N) is 1. The van der Waals surface area contributed by atoms with Crippen LogP contribution < -0.4 is 5.32 Å². The summed E-state index contributed by atoms with van der Waals surface area (Å²) in [7, 11) is 0. The van der Waals surface area contributed by atoms with Gasteiger partial charge >= 0.3 is 5.97 Å². The van der Waals surface area contributed by atoms with E-state index in [1.807, 2.05) is 45.0 Å². The van der Waals surface area contributed by atoms with Crippen molar-refractivity contribution in [2.75, 3.05) is 5.75 Å². The van der Waals surface area contributed by atoms with E-state index in [0.717, 1.165) is 4.90 Å². The minimum atomic E-state index is -0.884. The molecule has 0 aliphatic heterocycles. The Hall–Kier alpha value is -1.49. The zero-order chi connectivity index (χ0) is 15.9. The summed E-state index contributed by atoms with van der Waals surface area (Å²) in [5, 5.41) is 11.9. The van der Waals surface area contributed by atoms with Crippen LogP contribution in [0.5, 0.6) is 0 Å². The van der Waals surface area contributed by atoms with E-state index < -0.39 is 11.5 Å². The number of aliphatic carboxylic acids is 1. The summed E-state index contributed by atoms with van der Waals surface area (Å²) in [4.78, 5) is 24.1. The molecular formula is C16H23NO3S. The molecule has 0 spiro atoms. The fourth-order valence-corrected chi connectivity index (χ4v) is 2.82. The van der Waals surface area contributed by atoms with Crippen LogP contribution in [0.1, 0.15) is 38.7 Å². The third-order valence-electron chi connectivity index (χ3n) is 3.64. The van der Waals surface area contributed by atoms with E-state index in [2.05, 4.69) is 5.32 Å². The van der Waals surface area contributed by atoms with Gasteiger partial charge in [0.15, 0.2) is 0 Å². The Balaban J connectivity index is 2.57. The first-order chi connectivity index (χ1) is 9.90. The quantitative estimate of drug-likeness (QED) is 0.724. The first-order valence-electron chi connectivity index (χ1n) is 7.13. The number of carbonyl (C=O) groups excluding carboxylic acids is 1. The molecule has 0 fully saturated rings. The SMILES string of the molecule is CCC(CC)(CC(=O)O)NC(=O)CSc1ccc(C)cc1. The molecular weight excluding hydrogens is 286 g/mol. The number of hydrogen-bond acceptors (Lipinski definition) is 3. The Morgan fingerprint density at radius 2 is 1.76 bits per heavy atom. The molecule has 116 valence electrons. The van der Waals surface area contributed by atoms with Crippen molar-refractivity contribution in [3.8, 4) is 0 Å². The maximum atomic E-state index is 12.1. The molecule has 0 bridgehead atoms. The van der Waals surface area contributed by atoms with Crippen molar-refractivity contribution >= 4 is 23.6 Å². The van der Waals surface area contributed by atoms with Crippen LogP contribution in [0.2, 0.25) is 0 Å².